The first-order valence-corrected chi connectivity index (χ1v) is 5.28. The number of rotatable bonds is 9. The van der Waals surface area contributed by atoms with Crippen molar-refractivity contribution in [1.29, 1.82) is 0 Å². The summed E-state index contributed by atoms with van der Waals surface area (Å²) < 4.78 is 4.75. The van der Waals surface area contributed by atoms with Crippen molar-refractivity contribution in [3.63, 3.8) is 0 Å². The highest BCUT2D eigenvalue weighted by atomic mass is 16.5. The van der Waals surface area contributed by atoms with E-state index in [1.807, 2.05) is 0 Å². The van der Waals surface area contributed by atoms with Gasteiger partial charge in [-0.2, -0.15) is 0 Å². The van der Waals surface area contributed by atoms with Gasteiger partial charge in [0.05, 0.1) is 13.2 Å². The van der Waals surface area contributed by atoms with E-state index in [0.29, 0.717) is 13.2 Å². The van der Waals surface area contributed by atoms with Crippen LogP contribution < -0.4 is 5.32 Å². The van der Waals surface area contributed by atoms with E-state index < -0.39 is 0 Å². The van der Waals surface area contributed by atoms with Crippen LogP contribution in [0, 0.1) is 0 Å². The standard InChI is InChI=1S/C10H21NO3/c1-2-14-10(13)9-11-7-5-3-4-6-8-12/h11-12H,2-9H2,1H3. The summed E-state index contributed by atoms with van der Waals surface area (Å²) in [4.78, 5) is 10.9. The number of hydrogen-bond donors (Lipinski definition) is 2. The Labute approximate surface area is 85.6 Å². The first-order valence-electron chi connectivity index (χ1n) is 5.28. The Balaban J connectivity index is 3.01. The number of nitrogens with one attached hydrogen (secondary N) is 1. The largest absolute Gasteiger partial charge is 0.465 e. The number of carbonyl (C=O) groups is 1. The lowest BCUT2D eigenvalue weighted by molar-refractivity contribution is -0.141. The average Bonchev–Trinajstić information content (AvgIpc) is 2.17. The molecule has 0 aliphatic heterocycles. The molecule has 0 bridgehead atoms. The summed E-state index contributed by atoms with van der Waals surface area (Å²) in [5, 5.41) is 11.5. The fraction of sp³-hybridized carbons (Fsp3) is 0.900. The monoisotopic (exact) mass is 203 g/mol. The van der Waals surface area contributed by atoms with Gasteiger partial charge in [-0.3, -0.25) is 4.79 Å². The maximum atomic E-state index is 10.9. The van der Waals surface area contributed by atoms with Crippen molar-refractivity contribution in [1.82, 2.24) is 5.32 Å². The fourth-order valence-electron chi connectivity index (χ4n) is 1.12. The molecule has 0 aromatic carbocycles. The van der Waals surface area contributed by atoms with Crippen LogP contribution >= 0.6 is 0 Å². The summed E-state index contributed by atoms with van der Waals surface area (Å²) in [5.41, 5.74) is 0. The number of ether oxygens (including phenoxy) is 1. The molecule has 84 valence electrons. The Morgan fingerprint density at radius 3 is 2.64 bits per heavy atom. The summed E-state index contributed by atoms with van der Waals surface area (Å²) in [6.07, 6.45) is 4.06. The van der Waals surface area contributed by atoms with Crippen LogP contribution in [0.3, 0.4) is 0 Å². The molecule has 4 nitrogen and oxygen atoms in total. The summed E-state index contributed by atoms with van der Waals surface area (Å²) >= 11 is 0. The molecule has 0 amide bonds. The third-order valence-electron chi connectivity index (χ3n) is 1.84. The molecule has 0 spiro atoms. The van der Waals surface area contributed by atoms with E-state index in [1.165, 1.54) is 0 Å². The van der Waals surface area contributed by atoms with Gasteiger partial charge in [0.25, 0.3) is 0 Å². The molecular weight excluding hydrogens is 182 g/mol. The molecule has 0 aromatic rings. The van der Waals surface area contributed by atoms with Gasteiger partial charge in [0.1, 0.15) is 0 Å². The Bertz CT molecular complexity index is 139. The van der Waals surface area contributed by atoms with Crippen molar-refractivity contribution in [2.75, 3.05) is 26.3 Å². The second-order valence-corrected chi connectivity index (χ2v) is 3.12. The van der Waals surface area contributed by atoms with Crippen molar-refractivity contribution >= 4 is 5.97 Å². The summed E-state index contributed by atoms with van der Waals surface area (Å²) in [7, 11) is 0. The van der Waals surface area contributed by atoms with Crippen LogP contribution in [0.15, 0.2) is 0 Å². The van der Waals surface area contributed by atoms with Crippen LogP contribution in [-0.2, 0) is 9.53 Å². The van der Waals surface area contributed by atoms with E-state index in [9.17, 15) is 4.79 Å². The second-order valence-electron chi connectivity index (χ2n) is 3.12. The molecule has 0 aliphatic carbocycles. The molecule has 0 atom stereocenters. The van der Waals surface area contributed by atoms with Gasteiger partial charge in [0, 0.05) is 6.61 Å². The highest BCUT2D eigenvalue weighted by Gasteiger charge is 1.98. The van der Waals surface area contributed by atoms with Gasteiger partial charge < -0.3 is 15.2 Å². The number of aliphatic hydroxyl groups is 1. The first-order chi connectivity index (χ1) is 6.81. The van der Waals surface area contributed by atoms with Crippen LogP contribution in [0.4, 0.5) is 0 Å². The molecule has 0 fully saturated rings. The van der Waals surface area contributed by atoms with Crippen LogP contribution in [0.2, 0.25) is 0 Å². The Morgan fingerprint density at radius 2 is 2.00 bits per heavy atom. The number of esters is 1. The Morgan fingerprint density at radius 1 is 1.29 bits per heavy atom. The molecule has 0 rings (SSSR count). The van der Waals surface area contributed by atoms with Crippen molar-refractivity contribution in [2.45, 2.75) is 32.6 Å². The molecule has 0 radical (unpaired) electrons. The Kier molecular flexibility index (Phi) is 10.0. The summed E-state index contributed by atoms with van der Waals surface area (Å²) in [6, 6.07) is 0. The molecule has 0 aromatic heterocycles. The third kappa shape index (κ3) is 9.48. The van der Waals surface area contributed by atoms with Gasteiger partial charge in [-0.05, 0) is 26.3 Å². The lowest BCUT2D eigenvalue weighted by Crippen LogP contribution is -2.25. The van der Waals surface area contributed by atoms with Gasteiger partial charge in [0.15, 0.2) is 0 Å². The van der Waals surface area contributed by atoms with Crippen LogP contribution in [0.25, 0.3) is 0 Å². The smallest absolute Gasteiger partial charge is 0.319 e. The van der Waals surface area contributed by atoms with E-state index in [1.54, 1.807) is 6.92 Å². The van der Waals surface area contributed by atoms with Gasteiger partial charge in [0.2, 0.25) is 0 Å². The van der Waals surface area contributed by atoms with Gasteiger partial charge >= 0.3 is 5.97 Å². The Hall–Kier alpha value is -0.610. The molecule has 4 heteroatoms. The van der Waals surface area contributed by atoms with E-state index in [4.69, 9.17) is 9.84 Å². The normalized spacial score (nSPS) is 10.1. The minimum absolute atomic E-state index is 0.192. The van der Waals surface area contributed by atoms with Gasteiger partial charge in [-0.1, -0.05) is 12.8 Å². The molecule has 2 N–H and O–H groups in total. The zero-order valence-corrected chi connectivity index (χ0v) is 8.92. The molecule has 0 aliphatic rings. The number of unbranched alkanes of at least 4 members (excludes halogenated alkanes) is 3. The molecule has 14 heavy (non-hydrogen) atoms. The van der Waals surface area contributed by atoms with E-state index >= 15 is 0 Å². The molecule has 0 heterocycles. The van der Waals surface area contributed by atoms with Crippen molar-refractivity contribution in [2.24, 2.45) is 0 Å². The molecular formula is C10H21NO3. The number of hydrogen-bond acceptors (Lipinski definition) is 4. The van der Waals surface area contributed by atoms with Crippen LogP contribution in [0.5, 0.6) is 0 Å². The number of aliphatic hydroxyl groups excluding tert-OH is 1. The maximum Gasteiger partial charge on any atom is 0.319 e. The quantitative estimate of drug-likeness (QED) is 0.427. The minimum atomic E-state index is -0.192. The van der Waals surface area contributed by atoms with E-state index in [0.717, 1.165) is 32.2 Å². The molecule has 0 unspecified atom stereocenters. The van der Waals surface area contributed by atoms with Gasteiger partial charge in [-0.25, -0.2) is 0 Å². The highest BCUT2D eigenvalue weighted by Crippen LogP contribution is 1.97. The predicted molar refractivity (Wildman–Crippen MR) is 55.1 cm³/mol. The van der Waals surface area contributed by atoms with Gasteiger partial charge in [-0.15, -0.1) is 0 Å². The predicted octanol–water partition coefficient (Wildman–Crippen LogP) is 0.692. The van der Waals surface area contributed by atoms with Crippen molar-refractivity contribution < 1.29 is 14.6 Å². The highest BCUT2D eigenvalue weighted by molar-refractivity contribution is 5.71. The topological polar surface area (TPSA) is 58.6 Å². The fourth-order valence-corrected chi connectivity index (χ4v) is 1.12. The molecule has 0 saturated carbocycles. The second kappa shape index (κ2) is 10.5. The zero-order chi connectivity index (χ0) is 10.6. The van der Waals surface area contributed by atoms with E-state index in [-0.39, 0.29) is 12.6 Å². The lowest BCUT2D eigenvalue weighted by Gasteiger charge is -2.03. The molecule has 0 saturated heterocycles. The third-order valence-corrected chi connectivity index (χ3v) is 1.84. The maximum absolute atomic E-state index is 10.9. The zero-order valence-electron chi connectivity index (χ0n) is 8.92. The first kappa shape index (κ1) is 13.4. The van der Waals surface area contributed by atoms with Crippen LogP contribution in [-0.4, -0.2) is 37.4 Å². The van der Waals surface area contributed by atoms with E-state index in [2.05, 4.69) is 5.32 Å². The SMILES string of the molecule is CCOC(=O)CNCCCCCCO. The lowest BCUT2D eigenvalue weighted by atomic mass is 10.2. The minimum Gasteiger partial charge on any atom is -0.465 e. The average molecular weight is 203 g/mol. The summed E-state index contributed by atoms with van der Waals surface area (Å²) in [6.45, 7) is 3.65. The summed E-state index contributed by atoms with van der Waals surface area (Å²) in [5.74, 6) is -0.192. The van der Waals surface area contributed by atoms with Crippen LogP contribution in [0.1, 0.15) is 32.6 Å². The van der Waals surface area contributed by atoms with Crippen molar-refractivity contribution in [3.05, 3.63) is 0 Å². The van der Waals surface area contributed by atoms with Crippen molar-refractivity contribution in [3.8, 4) is 0 Å². The number of carbonyl (C=O) groups excluding carboxylic acids is 1.